The van der Waals surface area contributed by atoms with E-state index in [0.29, 0.717) is 17.5 Å². The Morgan fingerprint density at radius 2 is 1.97 bits per heavy atom. The molecule has 38 heavy (non-hydrogen) atoms. The van der Waals surface area contributed by atoms with Crippen LogP contribution in [-0.4, -0.2) is 94.4 Å². The molecule has 0 unspecified atom stereocenters. The third kappa shape index (κ3) is 5.98. The van der Waals surface area contributed by atoms with Gasteiger partial charge in [-0.1, -0.05) is 0 Å². The van der Waals surface area contributed by atoms with Gasteiger partial charge in [0.1, 0.15) is 23.2 Å². The number of nitrogens with zero attached hydrogens (tertiary/aromatic N) is 8. The molecule has 2 aliphatic heterocycles. The number of piperidine rings is 1. The highest BCUT2D eigenvalue weighted by atomic mass is 19.3. The van der Waals surface area contributed by atoms with E-state index < -0.39 is 6.61 Å². The normalized spacial score (nSPS) is 16.7. The van der Waals surface area contributed by atoms with E-state index in [2.05, 4.69) is 34.9 Å². The molecule has 0 radical (unpaired) electrons. The highest BCUT2D eigenvalue weighted by Gasteiger charge is 2.45. The summed E-state index contributed by atoms with van der Waals surface area (Å²) in [6.07, 6.45) is 7.89. The third-order valence-corrected chi connectivity index (χ3v) is 6.98. The lowest BCUT2D eigenvalue weighted by Gasteiger charge is -2.54. The van der Waals surface area contributed by atoms with Gasteiger partial charge in [-0.2, -0.15) is 13.9 Å². The predicted octanol–water partition coefficient (Wildman–Crippen LogP) is 2.70. The van der Waals surface area contributed by atoms with Crippen molar-refractivity contribution in [1.82, 2.24) is 34.5 Å². The van der Waals surface area contributed by atoms with Crippen molar-refractivity contribution in [3.8, 4) is 17.1 Å². The number of carbonyl (C=O) groups excluding carboxylic acids is 1. The molecule has 1 N–H and O–H groups in total. The monoisotopic (exact) mass is 527 g/mol. The first-order valence-electron chi connectivity index (χ1n) is 12.5. The summed E-state index contributed by atoms with van der Waals surface area (Å²) in [6.45, 7) is 1.87. The van der Waals surface area contributed by atoms with Gasteiger partial charge in [0, 0.05) is 62.7 Å². The largest absolute Gasteiger partial charge is 0.435 e. The molecule has 1 spiro atoms. The number of carbonyl (C=O) groups is 1. The van der Waals surface area contributed by atoms with Crippen molar-refractivity contribution >= 4 is 23.9 Å². The number of hydrogen-bond donors (Lipinski definition) is 1. The number of anilines is 3. The first-order valence-corrected chi connectivity index (χ1v) is 12.5. The Morgan fingerprint density at radius 3 is 2.68 bits per heavy atom. The Kier molecular flexibility index (Phi) is 7.36. The molecule has 2 fully saturated rings. The van der Waals surface area contributed by atoms with Crippen molar-refractivity contribution in [2.75, 3.05) is 57.0 Å². The van der Waals surface area contributed by atoms with Crippen LogP contribution in [-0.2, 0) is 11.3 Å². The molecule has 2 aliphatic rings. The summed E-state index contributed by atoms with van der Waals surface area (Å²) in [4.78, 5) is 30.9. The van der Waals surface area contributed by atoms with Crippen molar-refractivity contribution in [2.45, 2.75) is 26.0 Å². The minimum absolute atomic E-state index is 0.000484. The first kappa shape index (κ1) is 25.8. The second kappa shape index (κ2) is 10.9. The van der Waals surface area contributed by atoms with Gasteiger partial charge in [-0.3, -0.25) is 9.48 Å². The molecule has 11 nitrogen and oxygen atoms in total. The number of alkyl halides is 2. The Morgan fingerprint density at radius 1 is 1.18 bits per heavy atom. The van der Waals surface area contributed by atoms with Crippen LogP contribution in [0.25, 0.3) is 11.4 Å². The minimum Gasteiger partial charge on any atom is -0.435 e. The fourth-order valence-electron chi connectivity index (χ4n) is 4.83. The van der Waals surface area contributed by atoms with Crippen molar-refractivity contribution < 1.29 is 18.3 Å². The quantitative estimate of drug-likeness (QED) is 0.399. The molecule has 5 heterocycles. The second-order valence-electron chi connectivity index (χ2n) is 10.1. The zero-order chi connectivity index (χ0) is 26.7. The lowest BCUT2D eigenvalue weighted by Crippen LogP contribution is -2.60. The number of rotatable bonds is 10. The molecule has 202 valence electrons. The van der Waals surface area contributed by atoms with Crippen LogP contribution in [0.15, 0.2) is 36.8 Å². The van der Waals surface area contributed by atoms with Gasteiger partial charge in [-0.05, 0) is 33.0 Å². The zero-order valence-corrected chi connectivity index (χ0v) is 21.4. The number of halogens is 2. The molecule has 3 aromatic rings. The number of aromatic nitrogens is 5. The van der Waals surface area contributed by atoms with Gasteiger partial charge in [-0.15, -0.1) is 0 Å². The van der Waals surface area contributed by atoms with E-state index in [1.165, 1.54) is 18.3 Å². The van der Waals surface area contributed by atoms with Crippen LogP contribution in [0.1, 0.15) is 12.8 Å². The Bertz CT molecular complexity index is 1250. The van der Waals surface area contributed by atoms with Crippen LogP contribution >= 0.6 is 0 Å². The summed E-state index contributed by atoms with van der Waals surface area (Å²) < 4.78 is 31.7. The fourth-order valence-corrected chi connectivity index (χ4v) is 4.83. The molecule has 0 saturated carbocycles. The van der Waals surface area contributed by atoms with Crippen LogP contribution in [0.5, 0.6) is 5.75 Å². The van der Waals surface area contributed by atoms with Crippen LogP contribution in [0.4, 0.5) is 26.2 Å². The number of hydrogen-bond acceptors (Lipinski definition) is 9. The van der Waals surface area contributed by atoms with Gasteiger partial charge in [0.05, 0.1) is 18.3 Å². The molecule has 0 aliphatic carbocycles. The maximum atomic E-state index is 12.7. The summed E-state index contributed by atoms with van der Waals surface area (Å²) in [5.74, 6) is 2.05. The van der Waals surface area contributed by atoms with E-state index in [1.54, 1.807) is 6.20 Å². The van der Waals surface area contributed by atoms with Crippen LogP contribution in [0, 0.1) is 5.41 Å². The van der Waals surface area contributed by atoms with Crippen molar-refractivity contribution in [2.24, 2.45) is 5.41 Å². The van der Waals surface area contributed by atoms with Gasteiger partial charge < -0.3 is 24.8 Å². The molecule has 13 heteroatoms. The van der Waals surface area contributed by atoms with E-state index in [4.69, 9.17) is 4.98 Å². The zero-order valence-electron chi connectivity index (χ0n) is 21.4. The smallest absolute Gasteiger partial charge is 0.387 e. The van der Waals surface area contributed by atoms with Crippen LogP contribution in [0.3, 0.4) is 0 Å². The van der Waals surface area contributed by atoms with Gasteiger partial charge in [0.15, 0.2) is 5.82 Å². The summed E-state index contributed by atoms with van der Waals surface area (Å²) in [7, 11) is 4.01. The van der Waals surface area contributed by atoms with E-state index in [-0.39, 0.29) is 11.2 Å². The molecular weight excluding hydrogens is 496 g/mol. The summed E-state index contributed by atoms with van der Waals surface area (Å²) >= 11 is 0. The number of nitrogens with one attached hydrogen (secondary N) is 1. The van der Waals surface area contributed by atoms with E-state index >= 15 is 0 Å². The molecule has 2 saturated heterocycles. The maximum absolute atomic E-state index is 12.7. The van der Waals surface area contributed by atoms with Crippen LogP contribution in [0.2, 0.25) is 0 Å². The molecule has 5 rings (SSSR count). The molecule has 0 bridgehead atoms. The van der Waals surface area contributed by atoms with Crippen LogP contribution < -0.4 is 15.0 Å². The Labute approximate surface area is 219 Å². The van der Waals surface area contributed by atoms with E-state index in [9.17, 15) is 13.6 Å². The number of likely N-dealkylation sites (tertiary alicyclic amines) is 1. The standard InChI is InChI=1S/C25H31F2N9O2/c1-33(2)9-10-36-14-18(13-29-36)23-31-21(30-20-11-19(3-6-28-20)38-24(26)27)12-22(32-23)35-15-25(16-35)4-7-34(17-37)8-5-25/h3,6,11-14,17,24H,4-5,7-10,15-16H2,1-2H3,(H,28,30,31,32). The summed E-state index contributed by atoms with van der Waals surface area (Å²) in [6, 6.07) is 4.59. The average molecular weight is 528 g/mol. The van der Waals surface area contributed by atoms with Gasteiger partial charge in [0.25, 0.3) is 0 Å². The highest BCUT2D eigenvalue weighted by molar-refractivity contribution is 5.65. The highest BCUT2D eigenvalue weighted by Crippen LogP contribution is 2.42. The maximum Gasteiger partial charge on any atom is 0.387 e. The summed E-state index contributed by atoms with van der Waals surface area (Å²) in [5.41, 5.74) is 0.948. The first-order chi connectivity index (χ1) is 18.3. The van der Waals surface area contributed by atoms with Gasteiger partial charge in [0.2, 0.25) is 6.41 Å². The SMILES string of the molecule is CN(C)CCn1cc(-c2nc(Nc3cc(OC(F)F)ccn3)cc(N3CC4(CCN(C=O)CC4)C3)n2)cn1. The topological polar surface area (TPSA) is 105 Å². The lowest BCUT2D eigenvalue weighted by molar-refractivity contribution is -0.120. The van der Waals surface area contributed by atoms with Crippen molar-refractivity contribution in [3.63, 3.8) is 0 Å². The second-order valence-corrected chi connectivity index (χ2v) is 10.1. The fraction of sp³-hybridized carbons (Fsp3) is 0.480. The third-order valence-electron chi connectivity index (χ3n) is 6.98. The number of pyridine rings is 1. The molecule has 0 aromatic carbocycles. The molecular formula is C25H31F2N9O2. The lowest BCUT2D eigenvalue weighted by atomic mass is 9.72. The molecule has 1 amide bonds. The Hall–Kier alpha value is -3.87. The Balaban J connectivity index is 1.39. The van der Waals surface area contributed by atoms with E-state index in [0.717, 1.165) is 69.9 Å². The number of likely N-dealkylation sites (N-methyl/N-ethyl adjacent to an activating group) is 1. The average Bonchev–Trinajstić information content (AvgIpc) is 3.35. The number of ether oxygens (including phenoxy) is 1. The minimum atomic E-state index is -2.93. The molecule has 0 atom stereocenters. The van der Waals surface area contributed by atoms with Gasteiger partial charge in [-0.25, -0.2) is 15.0 Å². The summed E-state index contributed by atoms with van der Waals surface area (Å²) in [5, 5.41) is 7.56. The van der Waals surface area contributed by atoms with Gasteiger partial charge >= 0.3 is 6.61 Å². The van der Waals surface area contributed by atoms with Crippen molar-refractivity contribution in [3.05, 3.63) is 36.8 Å². The van der Waals surface area contributed by atoms with Crippen molar-refractivity contribution in [1.29, 1.82) is 0 Å². The van der Waals surface area contributed by atoms with E-state index in [1.807, 2.05) is 35.9 Å². The molecule has 3 aromatic heterocycles. The predicted molar refractivity (Wildman–Crippen MR) is 137 cm³/mol. The number of amides is 1.